The molecule has 0 amide bonds. The van der Waals surface area contributed by atoms with E-state index < -0.39 is 0 Å². The molecule has 0 unspecified atom stereocenters. The summed E-state index contributed by atoms with van der Waals surface area (Å²) in [6.45, 7) is 3.76. The SMILES string of the molecule is COC1CN(c2ccn3ncc(-c4ccnc(C)c4)c3n2)C1. The number of ether oxygens (including phenoxy) is 1. The Morgan fingerprint density at radius 1 is 1.27 bits per heavy atom. The van der Waals surface area contributed by atoms with Gasteiger partial charge in [-0.25, -0.2) is 9.50 Å². The predicted molar refractivity (Wildman–Crippen MR) is 84.0 cm³/mol. The second-order valence-corrected chi connectivity index (χ2v) is 5.56. The smallest absolute Gasteiger partial charge is 0.165 e. The summed E-state index contributed by atoms with van der Waals surface area (Å²) in [5.41, 5.74) is 3.96. The van der Waals surface area contributed by atoms with Crippen LogP contribution in [0.2, 0.25) is 0 Å². The van der Waals surface area contributed by atoms with Gasteiger partial charge in [0.15, 0.2) is 5.65 Å². The van der Waals surface area contributed by atoms with Crippen molar-refractivity contribution in [3.63, 3.8) is 0 Å². The highest BCUT2D eigenvalue weighted by atomic mass is 16.5. The van der Waals surface area contributed by atoms with Gasteiger partial charge in [-0.05, 0) is 30.7 Å². The third-order valence-corrected chi connectivity index (χ3v) is 4.07. The van der Waals surface area contributed by atoms with Gasteiger partial charge in [-0.2, -0.15) is 5.10 Å². The molecular formula is C16H17N5O. The molecule has 3 aromatic rings. The lowest BCUT2D eigenvalue weighted by atomic mass is 10.1. The number of aryl methyl sites for hydroxylation is 1. The Morgan fingerprint density at radius 2 is 2.14 bits per heavy atom. The molecule has 1 fully saturated rings. The van der Waals surface area contributed by atoms with Crippen molar-refractivity contribution >= 4 is 11.5 Å². The lowest BCUT2D eigenvalue weighted by molar-refractivity contribution is 0.0783. The van der Waals surface area contributed by atoms with Crippen molar-refractivity contribution in [2.24, 2.45) is 0 Å². The zero-order valence-electron chi connectivity index (χ0n) is 12.6. The number of pyridine rings is 1. The van der Waals surface area contributed by atoms with E-state index in [1.807, 2.05) is 42.2 Å². The van der Waals surface area contributed by atoms with Gasteiger partial charge in [0.05, 0.1) is 12.3 Å². The molecule has 0 saturated carbocycles. The molecule has 0 aliphatic carbocycles. The molecule has 4 heterocycles. The molecule has 6 heteroatoms. The molecule has 0 spiro atoms. The molecule has 0 aromatic carbocycles. The van der Waals surface area contributed by atoms with Gasteiger partial charge in [0.1, 0.15) is 5.82 Å². The summed E-state index contributed by atoms with van der Waals surface area (Å²) in [6.07, 6.45) is 5.94. The minimum absolute atomic E-state index is 0.310. The summed E-state index contributed by atoms with van der Waals surface area (Å²) in [6, 6.07) is 6.03. The third-order valence-electron chi connectivity index (χ3n) is 4.07. The number of nitrogens with zero attached hydrogens (tertiary/aromatic N) is 5. The number of aromatic nitrogens is 4. The summed E-state index contributed by atoms with van der Waals surface area (Å²) in [5.74, 6) is 0.966. The van der Waals surface area contributed by atoms with Crippen LogP contribution in [0.15, 0.2) is 36.8 Å². The van der Waals surface area contributed by atoms with Crippen LogP contribution in [-0.4, -0.2) is 45.9 Å². The summed E-state index contributed by atoms with van der Waals surface area (Å²) in [7, 11) is 1.75. The number of fused-ring (bicyclic) bond motifs is 1. The Labute approximate surface area is 128 Å². The fourth-order valence-corrected chi connectivity index (χ4v) is 2.73. The molecule has 3 aromatic heterocycles. The zero-order valence-corrected chi connectivity index (χ0v) is 12.6. The van der Waals surface area contributed by atoms with E-state index in [2.05, 4.69) is 21.0 Å². The van der Waals surface area contributed by atoms with Gasteiger partial charge in [-0.3, -0.25) is 4.98 Å². The number of rotatable bonds is 3. The first-order valence-electron chi connectivity index (χ1n) is 7.30. The van der Waals surface area contributed by atoms with Gasteiger partial charge in [0, 0.05) is 43.9 Å². The molecule has 1 aliphatic rings. The minimum Gasteiger partial charge on any atom is -0.378 e. The van der Waals surface area contributed by atoms with Crippen molar-refractivity contribution in [1.82, 2.24) is 19.6 Å². The van der Waals surface area contributed by atoms with Gasteiger partial charge in [0.25, 0.3) is 0 Å². The molecule has 4 rings (SSSR count). The van der Waals surface area contributed by atoms with E-state index in [0.717, 1.165) is 41.4 Å². The Morgan fingerprint density at radius 3 is 2.91 bits per heavy atom. The van der Waals surface area contributed by atoms with Gasteiger partial charge in [-0.1, -0.05) is 0 Å². The Kier molecular flexibility index (Phi) is 3.04. The van der Waals surface area contributed by atoms with Crippen molar-refractivity contribution in [3.8, 4) is 11.1 Å². The first kappa shape index (κ1) is 13.2. The molecule has 1 aliphatic heterocycles. The summed E-state index contributed by atoms with van der Waals surface area (Å²) in [4.78, 5) is 11.2. The first-order valence-corrected chi connectivity index (χ1v) is 7.30. The number of hydrogen-bond donors (Lipinski definition) is 0. The van der Waals surface area contributed by atoms with E-state index in [0.29, 0.717) is 6.10 Å². The molecule has 1 saturated heterocycles. The van der Waals surface area contributed by atoms with E-state index in [-0.39, 0.29) is 0 Å². The second kappa shape index (κ2) is 5.06. The van der Waals surface area contributed by atoms with Crippen molar-refractivity contribution in [2.75, 3.05) is 25.1 Å². The lowest BCUT2D eigenvalue weighted by Gasteiger charge is -2.38. The van der Waals surface area contributed by atoms with E-state index >= 15 is 0 Å². The fraction of sp³-hybridized carbons (Fsp3) is 0.312. The van der Waals surface area contributed by atoms with Crippen LogP contribution in [0, 0.1) is 6.92 Å². The summed E-state index contributed by atoms with van der Waals surface area (Å²) in [5, 5.41) is 4.39. The molecule has 112 valence electrons. The Hall–Kier alpha value is -2.47. The van der Waals surface area contributed by atoms with Crippen molar-refractivity contribution in [2.45, 2.75) is 13.0 Å². The van der Waals surface area contributed by atoms with Crippen LogP contribution in [0.4, 0.5) is 5.82 Å². The van der Waals surface area contributed by atoms with E-state index in [9.17, 15) is 0 Å². The third kappa shape index (κ3) is 2.12. The van der Waals surface area contributed by atoms with Gasteiger partial charge in [-0.15, -0.1) is 0 Å². The second-order valence-electron chi connectivity index (χ2n) is 5.56. The molecule has 0 bridgehead atoms. The number of methoxy groups -OCH3 is 1. The van der Waals surface area contributed by atoms with Crippen LogP contribution in [-0.2, 0) is 4.74 Å². The summed E-state index contributed by atoms with van der Waals surface area (Å²) >= 11 is 0. The number of anilines is 1. The van der Waals surface area contributed by atoms with Crippen LogP contribution in [0.1, 0.15) is 5.69 Å². The first-order chi connectivity index (χ1) is 10.7. The van der Waals surface area contributed by atoms with Crippen LogP contribution in [0.5, 0.6) is 0 Å². The van der Waals surface area contributed by atoms with E-state index in [4.69, 9.17) is 9.72 Å². The fourth-order valence-electron chi connectivity index (χ4n) is 2.73. The van der Waals surface area contributed by atoms with E-state index in [1.165, 1.54) is 0 Å². The van der Waals surface area contributed by atoms with Crippen LogP contribution in [0.3, 0.4) is 0 Å². The highest BCUT2D eigenvalue weighted by molar-refractivity contribution is 5.77. The van der Waals surface area contributed by atoms with Gasteiger partial charge in [0.2, 0.25) is 0 Å². The van der Waals surface area contributed by atoms with Gasteiger partial charge < -0.3 is 9.64 Å². The van der Waals surface area contributed by atoms with Crippen LogP contribution >= 0.6 is 0 Å². The van der Waals surface area contributed by atoms with Crippen molar-refractivity contribution in [3.05, 3.63) is 42.5 Å². The van der Waals surface area contributed by atoms with Gasteiger partial charge >= 0.3 is 0 Å². The normalized spacial score (nSPS) is 15.3. The number of hydrogen-bond acceptors (Lipinski definition) is 5. The Bertz CT molecular complexity index is 822. The molecular weight excluding hydrogens is 278 g/mol. The molecule has 6 nitrogen and oxygen atoms in total. The lowest BCUT2D eigenvalue weighted by Crippen LogP contribution is -2.52. The molecule has 0 radical (unpaired) electrons. The van der Waals surface area contributed by atoms with Crippen LogP contribution < -0.4 is 4.90 Å². The maximum atomic E-state index is 5.32. The summed E-state index contributed by atoms with van der Waals surface area (Å²) < 4.78 is 7.13. The minimum atomic E-state index is 0.310. The van der Waals surface area contributed by atoms with E-state index in [1.54, 1.807) is 7.11 Å². The quantitative estimate of drug-likeness (QED) is 0.739. The monoisotopic (exact) mass is 295 g/mol. The Balaban J connectivity index is 1.74. The standard InChI is InChI=1S/C16H17N5O/c1-11-7-12(3-5-17-11)14-8-18-21-6-4-15(19-16(14)21)20-9-13(10-20)22-2/h3-8,13H,9-10H2,1-2H3. The topological polar surface area (TPSA) is 55.6 Å². The van der Waals surface area contributed by atoms with Crippen molar-refractivity contribution in [1.29, 1.82) is 0 Å². The molecule has 0 N–H and O–H groups in total. The maximum absolute atomic E-state index is 5.32. The highest BCUT2D eigenvalue weighted by Gasteiger charge is 2.27. The predicted octanol–water partition coefficient (Wildman–Crippen LogP) is 1.93. The average Bonchev–Trinajstić information content (AvgIpc) is 2.89. The zero-order chi connectivity index (χ0) is 15.1. The molecule has 22 heavy (non-hydrogen) atoms. The maximum Gasteiger partial charge on any atom is 0.165 e. The molecule has 0 atom stereocenters. The highest BCUT2D eigenvalue weighted by Crippen LogP contribution is 2.26. The average molecular weight is 295 g/mol. The van der Waals surface area contributed by atoms with Crippen LogP contribution in [0.25, 0.3) is 16.8 Å². The van der Waals surface area contributed by atoms with Crippen molar-refractivity contribution < 1.29 is 4.74 Å². The largest absolute Gasteiger partial charge is 0.378 e.